The fraction of sp³-hybridized carbons (Fsp3) is 0.684. The Morgan fingerprint density at radius 1 is 1.19 bits per heavy atom. The van der Waals surface area contributed by atoms with Gasteiger partial charge in [0.25, 0.3) is 0 Å². The van der Waals surface area contributed by atoms with Gasteiger partial charge in [0.2, 0.25) is 0 Å². The van der Waals surface area contributed by atoms with Crippen LogP contribution in [0, 0.1) is 5.92 Å². The van der Waals surface area contributed by atoms with Crippen LogP contribution in [0.15, 0.2) is 30.3 Å². The van der Waals surface area contributed by atoms with Crippen LogP contribution in [0.25, 0.3) is 0 Å². The Labute approximate surface area is 130 Å². The van der Waals surface area contributed by atoms with Crippen molar-refractivity contribution in [1.29, 1.82) is 0 Å². The highest BCUT2D eigenvalue weighted by Crippen LogP contribution is 2.36. The molecule has 2 N–H and O–H groups in total. The zero-order valence-corrected chi connectivity index (χ0v) is 13.9. The highest BCUT2D eigenvalue weighted by Gasteiger charge is 2.36. The molecule has 0 heterocycles. The molecular formula is C19H32N2. The van der Waals surface area contributed by atoms with Gasteiger partial charge in [0.15, 0.2) is 0 Å². The number of aryl methyl sites for hydroxylation is 1. The van der Waals surface area contributed by atoms with E-state index < -0.39 is 0 Å². The minimum atomic E-state index is 0.266. The van der Waals surface area contributed by atoms with E-state index in [2.05, 4.69) is 49.2 Å². The first kappa shape index (κ1) is 16.5. The summed E-state index contributed by atoms with van der Waals surface area (Å²) < 4.78 is 0. The Balaban J connectivity index is 1.82. The van der Waals surface area contributed by atoms with Crippen molar-refractivity contribution in [3.8, 4) is 0 Å². The second-order valence-corrected chi connectivity index (χ2v) is 6.79. The standard InChI is InChI=1S/C19H32N2/c1-3-17-11-13-19(16-20,14-12-17)21(2)15-7-10-18-8-5-4-6-9-18/h4-6,8-9,17H,3,7,10-16,20H2,1-2H3. The van der Waals surface area contributed by atoms with Crippen molar-refractivity contribution in [3.05, 3.63) is 35.9 Å². The van der Waals surface area contributed by atoms with Crippen LogP contribution in [0.1, 0.15) is 51.0 Å². The molecule has 0 unspecified atom stereocenters. The zero-order valence-electron chi connectivity index (χ0n) is 13.9. The molecule has 0 saturated heterocycles. The summed E-state index contributed by atoms with van der Waals surface area (Å²) in [5, 5.41) is 0. The van der Waals surface area contributed by atoms with Gasteiger partial charge in [-0.2, -0.15) is 0 Å². The second-order valence-electron chi connectivity index (χ2n) is 6.79. The zero-order chi connectivity index (χ0) is 15.1. The molecule has 2 rings (SSSR count). The summed E-state index contributed by atoms with van der Waals surface area (Å²) in [7, 11) is 2.28. The van der Waals surface area contributed by atoms with Crippen LogP contribution in [0.5, 0.6) is 0 Å². The van der Waals surface area contributed by atoms with E-state index in [4.69, 9.17) is 5.73 Å². The fourth-order valence-corrected chi connectivity index (χ4v) is 3.77. The smallest absolute Gasteiger partial charge is 0.0328 e. The lowest BCUT2D eigenvalue weighted by molar-refractivity contribution is 0.0632. The lowest BCUT2D eigenvalue weighted by Crippen LogP contribution is -2.54. The summed E-state index contributed by atoms with van der Waals surface area (Å²) >= 11 is 0. The lowest BCUT2D eigenvalue weighted by atomic mass is 9.74. The predicted octanol–water partition coefficient (Wildman–Crippen LogP) is 3.85. The molecule has 118 valence electrons. The Bertz CT molecular complexity index is 393. The normalized spacial score (nSPS) is 26.2. The molecule has 0 bridgehead atoms. The van der Waals surface area contributed by atoms with Gasteiger partial charge < -0.3 is 5.73 Å². The molecule has 1 aromatic carbocycles. The van der Waals surface area contributed by atoms with Gasteiger partial charge in [0, 0.05) is 12.1 Å². The number of rotatable bonds is 7. The second kappa shape index (κ2) is 7.95. The predicted molar refractivity (Wildman–Crippen MR) is 91.4 cm³/mol. The first-order valence-electron chi connectivity index (χ1n) is 8.65. The van der Waals surface area contributed by atoms with Gasteiger partial charge in [0.05, 0.1) is 0 Å². The first-order chi connectivity index (χ1) is 10.2. The van der Waals surface area contributed by atoms with Crippen LogP contribution in [0.2, 0.25) is 0 Å². The third-order valence-corrected chi connectivity index (χ3v) is 5.60. The highest BCUT2D eigenvalue weighted by atomic mass is 15.2. The number of nitrogens with two attached hydrogens (primary N) is 1. The van der Waals surface area contributed by atoms with Gasteiger partial charge >= 0.3 is 0 Å². The van der Waals surface area contributed by atoms with E-state index in [1.807, 2.05) is 0 Å². The fourth-order valence-electron chi connectivity index (χ4n) is 3.77. The van der Waals surface area contributed by atoms with Gasteiger partial charge in [-0.1, -0.05) is 43.7 Å². The molecule has 21 heavy (non-hydrogen) atoms. The van der Waals surface area contributed by atoms with E-state index in [1.165, 1.54) is 50.5 Å². The van der Waals surface area contributed by atoms with Gasteiger partial charge in [-0.15, -0.1) is 0 Å². The molecule has 0 atom stereocenters. The van der Waals surface area contributed by atoms with Crippen molar-refractivity contribution >= 4 is 0 Å². The van der Waals surface area contributed by atoms with Crippen LogP contribution in [-0.4, -0.2) is 30.6 Å². The summed E-state index contributed by atoms with van der Waals surface area (Å²) in [5.41, 5.74) is 7.88. The van der Waals surface area contributed by atoms with Crippen LogP contribution < -0.4 is 5.73 Å². The first-order valence-corrected chi connectivity index (χ1v) is 8.65. The highest BCUT2D eigenvalue weighted by molar-refractivity contribution is 5.14. The summed E-state index contributed by atoms with van der Waals surface area (Å²) in [4.78, 5) is 2.56. The summed E-state index contributed by atoms with van der Waals surface area (Å²) in [5.74, 6) is 0.933. The van der Waals surface area contributed by atoms with Crippen molar-refractivity contribution in [2.45, 2.75) is 57.4 Å². The van der Waals surface area contributed by atoms with Crippen LogP contribution in [0.4, 0.5) is 0 Å². The molecule has 1 aromatic rings. The molecule has 1 fully saturated rings. The maximum Gasteiger partial charge on any atom is 0.0328 e. The van der Waals surface area contributed by atoms with Crippen molar-refractivity contribution in [3.63, 3.8) is 0 Å². The van der Waals surface area contributed by atoms with Crippen LogP contribution in [-0.2, 0) is 6.42 Å². The van der Waals surface area contributed by atoms with Gasteiger partial charge in [-0.25, -0.2) is 0 Å². The molecule has 0 spiro atoms. The Morgan fingerprint density at radius 3 is 2.43 bits per heavy atom. The molecule has 0 aliphatic heterocycles. The number of likely N-dealkylation sites (N-methyl/N-ethyl adjacent to an activating group) is 1. The minimum Gasteiger partial charge on any atom is -0.329 e. The number of hydrogen-bond acceptors (Lipinski definition) is 2. The number of benzene rings is 1. The maximum atomic E-state index is 6.17. The van der Waals surface area contributed by atoms with E-state index in [0.717, 1.165) is 19.0 Å². The topological polar surface area (TPSA) is 29.3 Å². The van der Waals surface area contributed by atoms with E-state index in [9.17, 15) is 0 Å². The van der Waals surface area contributed by atoms with Crippen molar-refractivity contribution in [2.75, 3.05) is 20.1 Å². The minimum absolute atomic E-state index is 0.266. The molecule has 1 saturated carbocycles. The summed E-state index contributed by atoms with van der Waals surface area (Å²) in [6, 6.07) is 10.8. The number of nitrogens with zero attached hydrogens (tertiary/aromatic N) is 1. The van der Waals surface area contributed by atoms with Gasteiger partial charge in [-0.3, -0.25) is 4.90 Å². The molecule has 1 aliphatic carbocycles. The van der Waals surface area contributed by atoms with Crippen molar-refractivity contribution in [2.24, 2.45) is 11.7 Å². The van der Waals surface area contributed by atoms with Crippen molar-refractivity contribution in [1.82, 2.24) is 4.90 Å². The third kappa shape index (κ3) is 4.31. The Kier molecular flexibility index (Phi) is 6.25. The maximum absolute atomic E-state index is 6.17. The largest absolute Gasteiger partial charge is 0.329 e. The molecule has 2 nitrogen and oxygen atoms in total. The third-order valence-electron chi connectivity index (χ3n) is 5.60. The average Bonchev–Trinajstić information content (AvgIpc) is 2.55. The monoisotopic (exact) mass is 288 g/mol. The number of hydrogen-bond donors (Lipinski definition) is 1. The van der Waals surface area contributed by atoms with E-state index in [0.29, 0.717) is 0 Å². The molecule has 1 aliphatic rings. The quantitative estimate of drug-likeness (QED) is 0.826. The Morgan fingerprint density at radius 2 is 1.86 bits per heavy atom. The average molecular weight is 288 g/mol. The van der Waals surface area contributed by atoms with Crippen molar-refractivity contribution < 1.29 is 0 Å². The molecular weight excluding hydrogens is 256 g/mol. The van der Waals surface area contributed by atoms with E-state index in [-0.39, 0.29) is 5.54 Å². The summed E-state index contributed by atoms with van der Waals surface area (Å²) in [6.45, 7) is 4.29. The van der Waals surface area contributed by atoms with Crippen LogP contribution >= 0.6 is 0 Å². The molecule has 2 heteroatoms. The summed E-state index contributed by atoms with van der Waals surface area (Å²) in [6.07, 6.45) is 9.00. The SMILES string of the molecule is CCC1CCC(CN)(N(C)CCCc2ccccc2)CC1. The molecule has 0 aromatic heterocycles. The van der Waals surface area contributed by atoms with Gasteiger partial charge in [-0.05, 0) is 63.6 Å². The van der Waals surface area contributed by atoms with Gasteiger partial charge in [0.1, 0.15) is 0 Å². The van der Waals surface area contributed by atoms with E-state index >= 15 is 0 Å². The van der Waals surface area contributed by atoms with E-state index in [1.54, 1.807) is 0 Å². The molecule has 0 amide bonds. The lowest BCUT2D eigenvalue weighted by Gasteiger charge is -2.46. The van der Waals surface area contributed by atoms with Crippen LogP contribution in [0.3, 0.4) is 0 Å². The Hall–Kier alpha value is -0.860. The molecule has 0 radical (unpaired) electrons.